The third-order valence-electron chi connectivity index (χ3n) is 4.38. The highest BCUT2D eigenvalue weighted by atomic mass is 79.9. The Morgan fingerprint density at radius 2 is 2.05 bits per heavy atom. The van der Waals surface area contributed by atoms with Crippen LogP contribution in [0.15, 0.2) is 13.6 Å². The Labute approximate surface area is 140 Å². The van der Waals surface area contributed by atoms with Gasteiger partial charge in [0.15, 0.2) is 0 Å². The van der Waals surface area contributed by atoms with E-state index in [1.165, 1.54) is 12.8 Å². The Bertz CT molecular complexity index is 507. The van der Waals surface area contributed by atoms with Gasteiger partial charge < -0.3 is 10.2 Å². The first-order valence-electron chi connectivity index (χ1n) is 7.10. The molecular weight excluding hydrogens is 404 g/mol. The number of carbonyl (C=O) groups excluding carboxylic acids is 1. The fraction of sp³-hybridized carbons (Fsp3) is 0.643. The van der Waals surface area contributed by atoms with Crippen LogP contribution >= 0.6 is 43.2 Å². The summed E-state index contributed by atoms with van der Waals surface area (Å²) in [6.45, 7) is 2.86. The molecule has 3 heterocycles. The van der Waals surface area contributed by atoms with Gasteiger partial charge in [-0.3, -0.25) is 4.79 Å². The van der Waals surface area contributed by atoms with Crippen LogP contribution in [0.25, 0.3) is 0 Å². The van der Waals surface area contributed by atoms with E-state index in [4.69, 9.17) is 0 Å². The van der Waals surface area contributed by atoms with Crippen molar-refractivity contribution in [2.75, 3.05) is 6.54 Å². The van der Waals surface area contributed by atoms with E-state index in [-0.39, 0.29) is 5.91 Å². The molecule has 2 aliphatic rings. The molecule has 3 nitrogen and oxygen atoms in total. The summed E-state index contributed by atoms with van der Waals surface area (Å²) in [6.07, 6.45) is 4.72. The maximum atomic E-state index is 12.8. The van der Waals surface area contributed by atoms with E-state index in [1.807, 2.05) is 6.07 Å². The third kappa shape index (κ3) is 2.85. The molecule has 0 aliphatic carbocycles. The minimum Gasteiger partial charge on any atom is -0.336 e. The molecule has 6 heteroatoms. The summed E-state index contributed by atoms with van der Waals surface area (Å²) in [5.41, 5.74) is 0.787. The molecule has 20 heavy (non-hydrogen) atoms. The van der Waals surface area contributed by atoms with Crippen LogP contribution in [0.1, 0.15) is 43.0 Å². The zero-order valence-electron chi connectivity index (χ0n) is 11.4. The SMILES string of the molecule is CCN(C(=O)c1cc(Br)sc1Br)C1CC2CCC(C1)N2. The number of nitrogens with zero attached hydrogens (tertiary/aromatic N) is 1. The van der Waals surface area contributed by atoms with Gasteiger partial charge >= 0.3 is 0 Å². The Hall–Kier alpha value is 0.0900. The first kappa shape index (κ1) is 15.0. The zero-order valence-corrected chi connectivity index (χ0v) is 15.4. The maximum Gasteiger partial charge on any atom is 0.256 e. The predicted octanol–water partition coefficient (Wildman–Crippen LogP) is 4.02. The number of hydrogen-bond donors (Lipinski definition) is 1. The smallest absolute Gasteiger partial charge is 0.256 e. The molecule has 2 fully saturated rings. The highest BCUT2D eigenvalue weighted by molar-refractivity contribution is 9.12. The van der Waals surface area contributed by atoms with Gasteiger partial charge in [0.05, 0.1) is 13.1 Å². The number of hydrogen-bond acceptors (Lipinski definition) is 3. The second kappa shape index (κ2) is 6.07. The van der Waals surface area contributed by atoms with Crippen molar-refractivity contribution >= 4 is 49.1 Å². The second-order valence-corrected chi connectivity index (χ2v) is 9.34. The lowest BCUT2D eigenvalue weighted by atomic mass is 9.97. The number of halogens is 2. The third-order valence-corrected chi connectivity index (χ3v) is 6.72. The molecule has 2 bridgehead atoms. The van der Waals surface area contributed by atoms with E-state index in [9.17, 15) is 4.79 Å². The van der Waals surface area contributed by atoms with Crippen LogP contribution in [-0.4, -0.2) is 35.5 Å². The Morgan fingerprint density at radius 3 is 2.55 bits per heavy atom. The van der Waals surface area contributed by atoms with Gasteiger partial charge in [-0.1, -0.05) is 0 Å². The van der Waals surface area contributed by atoms with Gasteiger partial charge in [-0.25, -0.2) is 0 Å². The van der Waals surface area contributed by atoms with Crippen LogP contribution in [0.3, 0.4) is 0 Å². The van der Waals surface area contributed by atoms with Crippen molar-refractivity contribution in [3.8, 4) is 0 Å². The Kier molecular flexibility index (Phi) is 4.55. The van der Waals surface area contributed by atoms with Crippen LogP contribution in [0.2, 0.25) is 0 Å². The molecule has 1 aromatic heterocycles. The standard InChI is InChI=1S/C14H18Br2N2OS/c1-2-18(10-5-8-3-4-9(6-10)17-8)14(19)11-7-12(15)20-13(11)16/h7-10,17H,2-6H2,1H3. The molecule has 0 saturated carbocycles. The number of rotatable bonds is 3. The summed E-state index contributed by atoms with van der Waals surface area (Å²) in [5.74, 6) is 0.160. The summed E-state index contributed by atoms with van der Waals surface area (Å²) in [6, 6.07) is 3.53. The molecule has 2 saturated heterocycles. The lowest BCUT2D eigenvalue weighted by molar-refractivity contribution is 0.0631. The van der Waals surface area contributed by atoms with Crippen molar-refractivity contribution in [1.29, 1.82) is 0 Å². The molecule has 0 radical (unpaired) electrons. The van der Waals surface area contributed by atoms with E-state index in [0.29, 0.717) is 18.1 Å². The van der Waals surface area contributed by atoms with Crippen LogP contribution in [0.4, 0.5) is 0 Å². The molecule has 0 aromatic carbocycles. The first-order chi connectivity index (χ1) is 9.58. The van der Waals surface area contributed by atoms with Crippen LogP contribution in [0.5, 0.6) is 0 Å². The normalized spacial score (nSPS) is 28.6. The van der Waals surface area contributed by atoms with Gasteiger partial charge in [-0.2, -0.15) is 0 Å². The topological polar surface area (TPSA) is 32.3 Å². The van der Waals surface area contributed by atoms with E-state index >= 15 is 0 Å². The van der Waals surface area contributed by atoms with Crippen molar-refractivity contribution in [3.63, 3.8) is 0 Å². The molecule has 1 amide bonds. The van der Waals surface area contributed by atoms with E-state index in [2.05, 4.69) is 49.0 Å². The van der Waals surface area contributed by atoms with Gasteiger partial charge in [0.1, 0.15) is 0 Å². The van der Waals surface area contributed by atoms with Gasteiger partial charge in [0.25, 0.3) is 5.91 Å². The van der Waals surface area contributed by atoms with Gasteiger partial charge in [-0.15, -0.1) is 11.3 Å². The minimum absolute atomic E-state index is 0.160. The summed E-state index contributed by atoms with van der Waals surface area (Å²) >= 11 is 8.52. The highest BCUT2D eigenvalue weighted by Gasteiger charge is 2.37. The number of amides is 1. The average molecular weight is 422 g/mol. The number of thiophene rings is 1. The zero-order chi connectivity index (χ0) is 14.3. The summed E-state index contributed by atoms with van der Waals surface area (Å²) in [5, 5.41) is 3.64. The van der Waals surface area contributed by atoms with Crippen LogP contribution < -0.4 is 5.32 Å². The van der Waals surface area contributed by atoms with Crippen molar-refractivity contribution in [2.24, 2.45) is 0 Å². The molecule has 2 aliphatic heterocycles. The van der Waals surface area contributed by atoms with Crippen molar-refractivity contribution in [3.05, 3.63) is 19.2 Å². The predicted molar refractivity (Wildman–Crippen MR) is 89.4 cm³/mol. The molecule has 1 aromatic rings. The average Bonchev–Trinajstić information content (AvgIpc) is 2.92. The van der Waals surface area contributed by atoms with Crippen LogP contribution in [0, 0.1) is 0 Å². The van der Waals surface area contributed by atoms with Gasteiger partial charge in [-0.05, 0) is 70.5 Å². The van der Waals surface area contributed by atoms with Gasteiger partial charge in [0, 0.05) is 24.7 Å². The second-order valence-electron chi connectivity index (χ2n) is 5.59. The lowest BCUT2D eigenvalue weighted by Gasteiger charge is -2.37. The van der Waals surface area contributed by atoms with E-state index < -0.39 is 0 Å². The molecule has 3 rings (SSSR count). The highest BCUT2D eigenvalue weighted by Crippen LogP contribution is 2.35. The fourth-order valence-electron chi connectivity index (χ4n) is 3.49. The Balaban J connectivity index is 1.79. The molecule has 110 valence electrons. The molecule has 1 N–H and O–H groups in total. The van der Waals surface area contributed by atoms with Crippen molar-refractivity contribution in [1.82, 2.24) is 10.2 Å². The largest absolute Gasteiger partial charge is 0.336 e. The maximum absolute atomic E-state index is 12.8. The molecular formula is C14H18Br2N2OS. The molecule has 0 spiro atoms. The summed E-state index contributed by atoms with van der Waals surface area (Å²) < 4.78 is 1.92. The van der Waals surface area contributed by atoms with E-state index in [1.54, 1.807) is 11.3 Å². The molecule has 2 unspecified atom stereocenters. The number of carbonyl (C=O) groups is 1. The quantitative estimate of drug-likeness (QED) is 0.799. The van der Waals surface area contributed by atoms with Crippen molar-refractivity contribution < 1.29 is 4.79 Å². The number of nitrogens with one attached hydrogen (secondary N) is 1. The minimum atomic E-state index is 0.160. The van der Waals surface area contributed by atoms with Gasteiger partial charge in [0.2, 0.25) is 0 Å². The fourth-order valence-corrected chi connectivity index (χ4v) is 6.27. The first-order valence-corrected chi connectivity index (χ1v) is 9.50. The lowest BCUT2D eigenvalue weighted by Crippen LogP contribution is -2.50. The van der Waals surface area contributed by atoms with Crippen molar-refractivity contribution in [2.45, 2.75) is 50.7 Å². The molecule has 2 atom stereocenters. The monoisotopic (exact) mass is 420 g/mol. The van der Waals surface area contributed by atoms with Crippen LogP contribution in [-0.2, 0) is 0 Å². The summed E-state index contributed by atoms with van der Waals surface area (Å²) in [4.78, 5) is 14.9. The van der Waals surface area contributed by atoms with E-state index in [0.717, 1.165) is 32.5 Å². The Morgan fingerprint density at radius 1 is 1.40 bits per heavy atom. The number of piperidine rings is 1. The summed E-state index contributed by atoms with van der Waals surface area (Å²) in [7, 11) is 0. The number of fused-ring (bicyclic) bond motifs is 2.